The van der Waals surface area contributed by atoms with E-state index >= 15 is 0 Å². The first kappa shape index (κ1) is 24.5. The summed E-state index contributed by atoms with van der Waals surface area (Å²) < 4.78 is 7.51. The molecule has 0 saturated heterocycles. The van der Waals surface area contributed by atoms with Gasteiger partial charge in [-0.25, -0.2) is 4.98 Å². The van der Waals surface area contributed by atoms with E-state index in [1.165, 1.54) is 29.7 Å². The van der Waals surface area contributed by atoms with Crippen LogP contribution in [0.1, 0.15) is 53.0 Å². The molecule has 4 aromatic rings. The number of nitrogens with zero attached hydrogens (tertiary/aromatic N) is 2. The smallest absolute Gasteiger partial charge is 0.253 e. The van der Waals surface area contributed by atoms with Crippen molar-refractivity contribution in [2.75, 3.05) is 13.7 Å². The average Bonchev–Trinajstić information content (AvgIpc) is 3.67. The van der Waals surface area contributed by atoms with Gasteiger partial charge in [0.15, 0.2) is 0 Å². The van der Waals surface area contributed by atoms with Gasteiger partial charge in [-0.1, -0.05) is 17.7 Å². The lowest BCUT2D eigenvalue weighted by Gasteiger charge is -2.13. The molecule has 0 aliphatic heterocycles. The van der Waals surface area contributed by atoms with Crippen molar-refractivity contribution in [1.82, 2.24) is 14.9 Å². The Hall–Kier alpha value is -3.16. The number of hydrogen-bond donors (Lipinski definition) is 1. The minimum atomic E-state index is -0.0132. The van der Waals surface area contributed by atoms with Crippen LogP contribution in [0.25, 0.3) is 22.0 Å². The van der Waals surface area contributed by atoms with E-state index in [1.807, 2.05) is 37.3 Å². The Morgan fingerprint density at radius 2 is 2.03 bits per heavy atom. The first-order valence-corrected chi connectivity index (χ1v) is 14.2. The number of aromatic nitrogens is 2. The summed E-state index contributed by atoms with van der Waals surface area (Å²) in [6.07, 6.45) is 8.16. The van der Waals surface area contributed by atoms with E-state index in [4.69, 9.17) is 9.72 Å². The SMILES string of the molecule is COc1ccc(-c2nc(-c3cc(C(=O)NCCC4=CCCCC4)c(C)n3Cc3cccs3)cs2)cc1. The first-order chi connectivity index (χ1) is 17.6. The molecule has 5 nitrogen and oxygen atoms in total. The summed E-state index contributed by atoms with van der Waals surface area (Å²) in [6, 6.07) is 14.2. The lowest BCUT2D eigenvalue weighted by Crippen LogP contribution is -2.25. The number of nitrogens with one attached hydrogen (secondary N) is 1. The molecule has 0 atom stereocenters. The largest absolute Gasteiger partial charge is 0.497 e. The number of carbonyl (C=O) groups excluding carboxylic acids is 1. The molecule has 7 heteroatoms. The van der Waals surface area contributed by atoms with Crippen molar-refractivity contribution in [1.29, 1.82) is 0 Å². The van der Waals surface area contributed by atoms with Gasteiger partial charge in [-0.05, 0) is 80.8 Å². The van der Waals surface area contributed by atoms with Crippen LogP contribution in [-0.4, -0.2) is 29.1 Å². The lowest BCUT2D eigenvalue weighted by molar-refractivity contribution is 0.0953. The van der Waals surface area contributed by atoms with Gasteiger partial charge in [-0.15, -0.1) is 22.7 Å². The number of hydrogen-bond acceptors (Lipinski definition) is 5. The summed E-state index contributed by atoms with van der Waals surface area (Å²) in [5, 5.41) is 8.27. The first-order valence-electron chi connectivity index (χ1n) is 12.4. The number of thiophene rings is 1. The highest BCUT2D eigenvalue weighted by Gasteiger charge is 2.21. The maximum atomic E-state index is 13.2. The molecule has 1 aliphatic carbocycles. The van der Waals surface area contributed by atoms with Crippen LogP contribution in [0.5, 0.6) is 5.75 Å². The van der Waals surface area contributed by atoms with Crippen LogP contribution in [-0.2, 0) is 6.54 Å². The van der Waals surface area contributed by atoms with Gasteiger partial charge < -0.3 is 14.6 Å². The van der Waals surface area contributed by atoms with Gasteiger partial charge in [0, 0.05) is 28.1 Å². The van der Waals surface area contributed by atoms with Crippen LogP contribution in [0.4, 0.5) is 0 Å². The summed E-state index contributed by atoms with van der Waals surface area (Å²) in [5.74, 6) is 0.812. The Balaban J connectivity index is 1.40. The normalized spacial score (nSPS) is 13.4. The van der Waals surface area contributed by atoms with Gasteiger partial charge in [0.2, 0.25) is 0 Å². The average molecular weight is 518 g/mol. The molecule has 0 spiro atoms. The van der Waals surface area contributed by atoms with Crippen molar-refractivity contribution < 1.29 is 9.53 Å². The van der Waals surface area contributed by atoms with Crippen molar-refractivity contribution in [3.63, 3.8) is 0 Å². The highest BCUT2D eigenvalue weighted by atomic mass is 32.1. The number of carbonyl (C=O) groups is 1. The zero-order valence-electron chi connectivity index (χ0n) is 20.8. The van der Waals surface area contributed by atoms with E-state index in [-0.39, 0.29) is 5.91 Å². The minimum absolute atomic E-state index is 0.0132. The Bertz CT molecular complexity index is 1350. The molecular formula is C29H31N3O2S2. The topological polar surface area (TPSA) is 56.1 Å². The van der Waals surface area contributed by atoms with Gasteiger partial charge in [0.25, 0.3) is 5.91 Å². The molecule has 186 valence electrons. The Morgan fingerprint density at radius 1 is 1.17 bits per heavy atom. The highest BCUT2D eigenvalue weighted by Crippen LogP contribution is 2.33. The van der Waals surface area contributed by atoms with Crippen molar-refractivity contribution >= 4 is 28.6 Å². The van der Waals surface area contributed by atoms with Gasteiger partial charge in [-0.2, -0.15) is 0 Å². The molecular weight excluding hydrogens is 486 g/mol. The van der Waals surface area contributed by atoms with Crippen LogP contribution >= 0.6 is 22.7 Å². The zero-order valence-corrected chi connectivity index (χ0v) is 22.4. The van der Waals surface area contributed by atoms with Crippen molar-refractivity contribution in [2.24, 2.45) is 0 Å². The monoisotopic (exact) mass is 517 g/mol. The second-order valence-corrected chi connectivity index (χ2v) is 11.0. The van der Waals surface area contributed by atoms with Crippen LogP contribution in [0, 0.1) is 6.92 Å². The third-order valence-corrected chi connectivity index (χ3v) is 8.48. The van der Waals surface area contributed by atoms with Crippen LogP contribution < -0.4 is 10.1 Å². The number of thiazole rings is 1. The molecule has 36 heavy (non-hydrogen) atoms. The number of amides is 1. The molecule has 0 unspecified atom stereocenters. The number of methoxy groups -OCH3 is 1. The van der Waals surface area contributed by atoms with Crippen LogP contribution in [0.2, 0.25) is 0 Å². The molecule has 1 N–H and O–H groups in total. The molecule has 3 heterocycles. The van der Waals surface area contributed by atoms with Gasteiger partial charge in [-0.3, -0.25) is 4.79 Å². The van der Waals surface area contributed by atoms with Crippen LogP contribution in [0.3, 0.4) is 0 Å². The Morgan fingerprint density at radius 3 is 2.75 bits per heavy atom. The van der Waals surface area contributed by atoms with E-state index in [9.17, 15) is 4.79 Å². The summed E-state index contributed by atoms with van der Waals surface area (Å²) in [4.78, 5) is 19.4. The van der Waals surface area contributed by atoms with Crippen LogP contribution in [0.15, 0.2) is 64.9 Å². The Labute approximate surface area is 220 Å². The predicted molar refractivity (Wildman–Crippen MR) is 149 cm³/mol. The third-order valence-electron chi connectivity index (χ3n) is 6.73. The Kier molecular flexibility index (Phi) is 7.68. The second-order valence-electron chi connectivity index (χ2n) is 9.07. The number of benzene rings is 1. The second kappa shape index (κ2) is 11.3. The molecule has 1 aliphatic rings. The molecule has 1 amide bonds. The molecule has 5 rings (SSSR count). The fourth-order valence-electron chi connectivity index (χ4n) is 4.67. The van der Waals surface area contributed by atoms with Crippen molar-refractivity contribution in [3.8, 4) is 27.7 Å². The summed E-state index contributed by atoms with van der Waals surface area (Å²) in [5.41, 5.74) is 6.07. The molecule has 0 saturated carbocycles. The van der Waals surface area contributed by atoms with Gasteiger partial charge >= 0.3 is 0 Å². The fourth-order valence-corrected chi connectivity index (χ4v) is 6.18. The van der Waals surface area contributed by atoms with Crippen molar-refractivity contribution in [2.45, 2.75) is 45.6 Å². The number of ether oxygens (including phenoxy) is 1. The van der Waals surface area contributed by atoms with E-state index in [0.717, 1.165) is 51.8 Å². The van der Waals surface area contributed by atoms with E-state index in [1.54, 1.807) is 29.8 Å². The standard InChI is InChI=1S/C29H31N3O2S2/c1-20-25(28(33)30-15-14-21-7-4-3-5-8-21)17-27(32(20)18-24-9-6-16-35-24)26-19-36-29(31-26)22-10-12-23(34-2)13-11-22/h6-7,9-13,16-17,19H,3-5,8,14-15,18H2,1-2H3,(H,30,33). The highest BCUT2D eigenvalue weighted by molar-refractivity contribution is 7.13. The molecule has 1 aromatic carbocycles. The maximum Gasteiger partial charge on any atom is 0.253 e. The van der Waals surface area contributed by atoms with E-state index in [2.05, 4.69) is 38.9 Å². The number of allylic oxidation sites excluding steroid dienone is 1. The lowest BCUT2D eigenvalue weighted by atomic mass is 9.97. The van der Waals surface area contributed by atoms with Gasteiger partial charge in [0.1, 0.15) is 10.8 Å². The maximum absolute atomic E-state index is 13.2. The van der Waals surface area contributed by atoms with Crippen molar-refractivity contribution in [3.05, 3.63) is 81.0 Å². The fraction of sp³-hybridized carbons (Fsp3) is 0.310. The number of rotatable bonds is 9. The minimum Gasteiger partial charge on any atom is -0.497 e. The van der Waals surface area contributed by atoms with E-state index < -0.39 is 0 Å². The quantitative estimate of drug-likeness (QED) is 0.237. The summed E-state index contributed by atoms with van der Waals surface area (Å²) >= 11 is 3.34. The molecule has 0 fully saturated rings. The zero-order chi connectivity index (χ0) is 24.9. The van der Waals surface area contributed by atoms with E-state index in [0.29, 0.717) is 13.1 Å². The predicted octanol–water partition coefficient (Wildman–Crippen LogP) is 7.33. The summed E-state index contributed by atoms with van der Waals surface area (Å²) in [6.45, 7) is 3.43. The van der Waals surface area contributed by atoms with Gasteiger partial charge in [0.05, 0.1) is 30.6 Å². The molecule has 0 radical (unpaired) electrons. The molecule has 0 bridgehead atoms. The summed E-state index contributed by atoms with van der Waals surface area (Å²) in [7, 11) is 1.67. The third kappa shape index (κ3) is 5.47. The molecule has 3 aromatic heterocycles.